The molecule has 2 amide bonds. The predicted octanol–water partition coefficient (Wildman–Crippen LogP) is 0.781. The van der Waals surface area contributed by atoms with E-state index >= 15 is 0 Å². The summed E-state index contributed by atoms with van der Waals surface area (Å²) in [7, 11) is 0. The number of carbonyl (C=O) groups is 3. The van der Waals surface area contributed by atoms with Crippen LogP contribution in [0.15, 0.2) is 24.3 Å². The maximum Gasteiger partial charge on any atom is 0.416 e. The lowest BCUT2D eigenvalue weighted by molar-refractivity contribution is -0.146. The highest BCUT2D eigenvalue weighted by atomic mass is 19.4. The minimum Gasteiger partial charge on any atom is -0.456 e. The van der Waals surface area contributed by atoms with E-state index in [1.54, 1.807) is 0 Å². The third-order valence-electron chi connectivity index (χ3n) is 2.83. The SMILES string of the molecule is CC(=O)OCC(=O)N[C@H](Cc1ccccc1C(F)(F)F)C(N)=O. The van der Waals surface area contributed by atoms with Crippen LogP contribution >= 0.6 is 0 Å². The van der Waals surface area contributed by atoms with Gasteiger partial charge in [0.2, 0.25) is 5.91 Å². The van der Waals surface area contributed by atoms with Crippen LogP contribution in [0.5, 0.6) is 0 Å². The van der Waals surface area contributed by atoms with Crippen molar-refractivity contribution in [1.29, 1.82) is 0 Å². The number of hydrogen-bond donors (Lipinski definition) is 2. The zero-order valence-electron chi connectivity index (χ0n) is 12.1. The van der Waals surface area contributed by atoms with Crippen molar-refractivity contribution >= 4 is 17.8 Å². The molecule has 0 aromatic heterocycles. The van der Waals surface area contributed by atoms with E-state index in [1.807, 2.05) is 0 Å². The number of alkyl halides is 3. The monoisotopic (exact) mass is 332 g/mol. The fourth-order valence-corrected chi connectivity index (χ4v) is 1.82. The van der Waals surface area contributed by atoms with Crippen LogP contribution in [0, 0.1) is 0 Å². The molecule has 3 N–H and O–H groups in total. The summed E-state index contributed by atoms with van der Waals surface area (Å²) in [5, 5.41) is 2.14. The maximum absolute atomic E-state index is 12.9. The van der Waals surface area contributed by atoms with Crippen molar-refractivity contribution < 1.29 is 32.3 Å². The van der Waals surface area contributed by atoms with Crippen molar-refractivity contribution in [3.8, 4) is 0 Å². The zero-order valence-corrected chi connectivity index (χ0v) is 12.1. The van der Waals surface area contributed by atoms with E-state index in [4.69, 9.17) is 5.73 Å². The summed E-state index contributed by atoms with van der Waals surface area (Å²) in [4.78, 5) is 33.5. The Bertz CT molecular complexity index is 602. The van der Waals surface area contributed by atoms with E-state index in [1.165, 1.54) is 18.2 Å². The molecule has 0 radical (unpaired) electrons. The van der Waals surface area contributed by atoms with E-state index in [9.17, 15) is 27.6 Å². The fourth-order valence-electron chi connectivity index (χ4n) is 1.82. The van der Waals surface area contributed by atoms with Crippen molar-refractivity contribution in [3.63, 3.8) is 0 Å². The fraction of sp³-hybridized carbons (Fsp3) is 0.357. The van der Waals surface area contributed by atoms with Gasteiger partial charge in [0, 0.05) is 13.3 Å². The molecule has 126 valence electrons. The molecule has 0 bridgehead atoms. The number of nitrogens with one attached hydrogen (secondary N) is 1. The van der Waals surface area contributed by atoms with Crippen LogP contribution in [-0.4, -0.2) is 30.4 Å². The van der Waals surface area contributed by atoms with Crippen LogP contribution in [0.25, 0.3) is 0 Å². The van der Waals surface area contributed by atoms with Gasteiger partial charge in [0.15, 0.2) is 6.61 Å². The van der Waals surface area contributed by atoms with Crippen LogP contribution in [0.4, 0.5) is 13.2 Å². The molecule has 23 heavy (non-hydrogen) atoms. The van der Waals surface area contributed by atoms with Crippen molar-refractivity contribution in [2.24, 2.45) is 5.73 Å². The predicted molar refractivity (Wildman–Crippen MR) is 72.9 cm³/mol. The van der Waals surface area contributed by atoms with E-state index in [2.05, 4.69) is 10.1 Å². The van der Waals surface area contributed by atoms with Crippen molar-refractivity contribution in [1.82, 2.24) is 5.32 Å². The highest BCUT2D eigenvalue weighted by Crippen LogP contribution is 2.32. The summed E-state index contributed by atoms with van der Waals surface area (Å²) < 4.78 is 43.2. The second kappa shape index (κ2) is 7.61. The van der Waals surface area contributed by atoms with Gasteiger partial charge in [-0.2, -0.15) is 13.2 Å². The van der Waals surface area contributed by atoms with Crippen molar-refractivity contribution in [2.75, 3.05) is 6.61 Å². The van der Waals surface area contributed by atoms with Gasteiger partial charge in [0.05, 0.1) is 5.56 Å². The lowest BCUT2D eigenvalue weighted by Gasteiger charge is -2.18. The Morgan fingerprint density at radius 2 is 1.87 bits per heavy atom. The Labute approximate surface area is 129 Å². The highest BCUT2D eigenvalue weighted by molar-refractivity contribution is 5.88. The summed E-state index contributed by atoms with van der Waals surface area (Å²) in [6.07, 6.45) is -5.03. The first-order chi connectivity index (χ1) is 10.6. The molecule has 6 nitrogen and oxygen atoms in total. The van der Waals surface area contributed by atoms with Gasteiger partial charge in [-0.15, -0.1) is 0 Å². The number of benzene rings is 1. The molecule has 0 fully saturated rings. The molecular formula is C14H15F3N2O4. The Balaban J connectivity index is 2.87. The second-order valence-electron chi connectivity index (χ2n) is 4.66. The Hall–Kier alpha value is -2.58. The number of rotatable bonds is 6. The first kappa shape index (κ1) is 18.5. The Kier molecular flexibility index (Phi) is 6.11. The molecule has 0 heterocycles. The first-order valence-electron chi connectivity index (χ1n) is 6.48. The van der Waals surface area contributed by atoms with Gasteiger partial charge in [0.1, 0.15) is 6.04 Å². The van der Waals surface area contributed by atoms with Gasteiger partial charge in [0.25, 0.3) is 5.91 Å². The van der Waals surface area contributed by atoms with Gasteiger partial charge in [-0.1, -0.05) is 18.2 Å². The summed E-state index contributed by atoms with van der Waals surface area (Å²) in [5.41, 5.74) is 4.01. The van der Waals surface area contributed by atoms with Gasteiger partial charge in [-0.25, -0.2) is 0 Å². The molecule has 0 spiro atoms. The molecule has 1 rings (SSSR count). The molecule has 1 atom stereocenters. The molecule has 0 aliphatic rings. The van der Waals surface area contributed by atoms with Crippen LogP contribution in [0.2, 0.25) is 0 Å². The first-order valence-corrected chi connectivity index (χ1v) is 6.48. The number of amides is 2. The molecule has 0 unspecified atom stereocenters. The van der Waals surface area contributed by atoms with Crippen LogP contribution in [-0.2, 0) is 31.7 Å². The smallest absolute Gasteiger partial charge is 0.416 e. The number of carbonyl (C=O) groups excluding carboxylic acids is 3. The topological polar surface area (TPSA) is 98.5 Å². The van der Waals surface area contributed by atoms with Gasteiger partial charge < -0.3 is 15.8 Å². The van der Waals surface area contributed by atoms with Crippen molar-refractivity contribution in [2.45, 2.75) is 25.6 Å². The van der Waals surface area contributed by atoms with Crippen LogP contribution in [0.1, 0.15) is 18.1 Å². The van der Waals surface area contributed by atoms with E-state index in [0.717, 1.165) is 13.0 Å². The Morgan fingerprint density at radius 1 is 1.26 bits per heavy atom. The third-order valence-corrected chi connectivity index (χ3v) is 2.83. The molecule has 1 aromatic carbocycles. The largest absolute Gasteiger partial charge is 0.456 e. The third kappa shape index (κ3) is 5.97. The Morgan fingerprint density at radius 3 is 2.39 bits per heavy atom. The molecule has 1 aromatic rings. The van der Waals surface area contributed by atoms with E-state index < -0.39 is 48.6 Å². The number of ether oxygens (including phenoxy) is 1. The summed E-state index contributed by atoms with van der Waals surface area (Å²) in [6, 6.07) is 3.29. The van der Waals surface area contributed by atoms with Crippen LogP contribution < -0.4 is 11.1 Å². The van der Waals surface area contributed by atoms with E-state index in [-0.39, 0.29) is 5.56 Å². The quantitative estimate of drug-likeness (QED) is 0.752. The number of primary amides is 1. The maximum atomic E-state index is 12.9. The standard InChI is InChI=1S/C14H15F3N2O4/c1-8(20)23-7-12(21)19-11(13(18)22)6-9-4-2-3-5-10(9)14(15,16)17/h2-5,11H,6-7H2,1H3,(H2,18,22)(H,19,21)/t11-/m1/s1. The van der Waals surface area contributed by atoms with Crippen molar-refractivity contribution in [3.05, 3.63) is 35.4 Å². The number of halogens is 3. The number of hydrogen-bond acceptors (Lipinski definition) is 4. The van der Waals surface area contributed by atoms with Crippen LogP contribution in [0.3, 0.4) is 0 Å². The minimum absolute atomic E-state index is 0.184. The minimum atomic E-state index is -4.60. The molecule has 0 aliphatic heterocycles. The molecule has 9 heteroatoms. The van der Waals surface area contributed by atoms with E-state index in [0.29, 0.717) is 0 Å². The molecule has 0 aliphatic carbocycles. The summed E-state index contributed by atoms with van der Waals surface area (Å²) in [5.74, 6) is -2.55. The number of nitrogens with two attached hydrogens (primary N) is 1. The van der Waals surface area contributed by atoms with Gasteiger partial charge in [-0.05, 0) is 11.6 Å². The lowest BCUT2D eigenvalue weighted by atomic mass is 9.99. The zero-order chi connectivity index (χ0) is 17.6. The second-order valence-corrected chi connectivity index (χ2v) is 4.66. The summed E-state index contributed by atoms with van der Waals surface area (Å²) >= 11 is 0. The lowest BCUT2D eigenvalue weighted by Crippen LogP contribution is -2.47. The average Bonchev–Trinajstić information content (AvgIpc) is 2.43. The van der Waals surface area contributed by atoms with Gasteiger partial charge in [-0.3, -0.25) is 14.4 Å². The molecule has 0 saturated carbocycles. The molecular weight excluding hydrogens is 317 g/mol. The normalized spacial score (nSPS) is 12.3. The summed E-state index contributed by atoms with van der Waals surface area (Å²) in [6.45, 7) is 0.429. The average molecular weight is 332 g/mol. The highest BCUT2D eigenvalue weighted by Gasteiger charge is 2.34. The molecule has 0 saturated heterocycles. The van der Waals surface area contributed by atoms with Gasteiger partial charge >= 0.3 is 12.1 Å². The number of esters is 1.